The number of ether oxygens (including phenoxy) is 2. The van der Waals surface area contributed by atoms with Crippen molar-refractivity contribution in [1.29, 1.82) is 0 Å². The molecule has 19 nitrogen and oxygen atoms in total. The number of pyridine rings is 2. The Hall–Kier alpha value is -6.44. The third kappa shape index (κ3) is 11.4. The summed E-state index contributed by atoms with van der Waals surface area (Å²) in [5.41, 5.74) is 4.94. The maximum absolute atomic E-state index is 14.0. The highest BCUT2D eigenvalue weighted by Crippen LogP contribution is 2.42. The lowest BCUT2D eigenvalue weighted by Gasteiger charge is -2.36. The molecule has 1 aromatic carbocycles. The Bertz CT molecular complexity index is 2570. The van der Waals surface area contributed by atoms with Crippen LogP contribution in [0.4, 0.5) is 4.79 Å². The Balaban J connectivity index is 1.09. The summed E-state index contributed by atoms with van der Waals surface area (Å²) in [7, 11) is 0. The number of urea groups is 1. The van der Waals surface area contributed by atoms with Crippen molar-refractivity contribution in [3.8, 4) is 11.4 Å². The van der Waals surface area contributed by atoms with Crippen LogP contribution in [0.1, 0.15) is 103 Å². The van der Waals surface area contributed by atoms with Crippen LogP contribution in [0.15, 0.2) is 51.8 Å². The number of amides is 7. The number of cyclic esters (lactones) is 1. The fourth-order valence-corrected chi connectivity index (χ4v) is 8.94. The number of benzene rings is 1. The number of carbonyl (C=O) groups is 8. The number of esters is 2. The third-order valence-electron chi connectivity index (χ3n) is 12.2. The molecule has 0 radical (unpaired) electrons. The summed E-state index contributed by atoms with van der Waals surface area (Å²) in [4.78, 5) is 123. The number of fused-ring (bicyclic) bond motifs is 5. The Morgan fingerprint density at radius 3 is 2.39 bits per heavy atom. The lowest BCUT2D eigenvalue weighted by Crippen LogP contribution is -2.56. The van der Waals surface area contributed by atoms with Crippen molar-refractivity contribution < 1.29 is 47.8 Å². The zero-order valence-electron chi connectivity index (χ0n) is 38.3. The minimum atomic E-state index is -1.94. The van der Waals surface area contributed by atoms with E-state index in [1.54, 1.807) is 45.3 Å². The first-order valence-electron chi connectivity index (χ1n) is 22.4. The number of imide groups is 1. The number of hydrogen-bond acceptors (Lipinski definition) is 12. The first kappa shape index (κ1) is 50.0. The van der Waals surface area contributed by atoms with Crippen LogP contribution in [0, 0.1) is 11.3 Å². The largest absolute Gasteiger partial charge is 0.457 e. The van der Waals surface area contributed by atoms with Gasteiger partial charge in [-0.15, -0.1) is 0 Å². The molecule has 5 heterocycles. The number of primary amides is 1. The SMILES string of the molecule is CC[C@@]1(OC(=O)CC(C)(C)CNC(=O)[C@H](CCCNC(N)=O)NC(=O)[C@@H](NC(=O)CCCCCN2C(=O)C=CC2=O)C(C)C)C(=O)OCc2c1cc1n(c2=O)Cc2cc3c(Br)cccc3nc2-1. The van der Waals surface area contributed by atoms with Crippen LogP contribution < -0.4 is 32.6 Å². The molecule has 0 bridgehead atoms. The molecule has 3 aromatic rings. The normalized spacial score (nSPS) is 17.1. The van der Waals surface area contributed by atoms with Crippen LogP contribution in [0.2, 0.25) is 0 Å². The average Bonchev–Trinajstić information content (AvgIpc) is 3.80. The molecule has 3 aliphatic rings. The molecular weight excluding hydrogens is 932 g/mol. The fourth-order valence-electron chi connectivity index (χ4n) is 8.47. The molecule has 0 saturated carbocycles. The predicted octanol–water partition coefficient (Wildman–Crippen LogP) is 3.49. The zero-order chi connectivity index (χ0) is 48.8. The highest BCUT2D eigenvalue weighted by Gasteiger charge is 2.51. The molecular formula is C47H57BrN8O11. The summed E-state index contributed by atoms with van der Waals surface area (Å²) >= 11 is 3.58. The topological polar surface area (TPSA) is 267 Å². The van der Waals surface area contributed by atoms with Crippen LogP contribution >= 0.6 is 15.9 Å². The van der Waals surface area contributed by atoms with Gasteiger partial charge in [-0.25, -0.2) is 14.6 Å². The van der Waals surface area contributed by atoms with Gasteiger partial charge in [0.15, 0.2) is 0 Å². The van der Waals surface area contributed by atoms with E-state index in [0.717, 1.165) is 20.3 Å². The number of aromatic nitrogens is 2. The van der Waals surface area contributed by atoms with Crippen LogP contribution in [-0.4, -0.2) is 93.7 Å². The van der Waals surface area contributed by atoms with E-state index < -0.39 is 52.9 Å². The molecule has 0 fully saturated rings. The molecule has 20 heteroatoms. The van der Waals surface area contributed by atoms with Gasteiger partial charge in [-0.05, 0) is 67.7 Å². The Morgan fingerprint density at radius 1 is 0.970 bits per heavy atom. The first-order chi connectivity index (χ1) is 31.7. The van der Waals surface area contributed by atoms with Gasteiger partial charge >= 0.3 is 18.0 Å². The van der Waals surface area contributed by atoms with Crippen molar-refractivity contribution >= 4 is 74.3 Å². The number of halogens is 1. The van der Waals surface area contributed by atoms with Gasteiger partial charge in [-0.1, -0.05) is 63.0 Å². The van der Waals surface area contributed by atoms with Crippen molar-refractivity contribution in [3.63, 3.8) is 0 Å². The van der Waals surface area contributed by atoms with Gasteiger partial charge < -0.3 is 41.0 Å². The smallest absolute Gasteiger partial charge is 0.355 e. The van der Waals surface area contributed by atoms with Crippen LogP contribution in [0.25, 0.3) is 22.3 Å². The maximum atomic E-state index is 14.0. The Labute approximate surface area is 395 Å². The van der Waals surface area contributed by atoms with Gasteiger partial charge in [0.25, 0.3) is 17.4 Å². The second-order valence-electron chi connectivity index (χ2n) is 18.2. The summed E-state index contributed by atoms with van der Waals surface area (Å²) in [6, 6.07) is 6.42. The zero-order valence-corrected chi connectivity index (χ0v) is 39.8. The molecule has 0 unspecified atom stereocenters. The number of nitrogens with zero attached hydrogens (tertiary/aromatic N) is 3. The van der Waals surface area contributed by atoms with Gasteiger partial charge in [0.05, 0.1) is 35.4 Å². The average molecular weight is 990 g/mol. The van der Waals surface area contributed by atoms with Crippen molar-refractivity contribution in [3.05, 3.63) is 74.0 Å². The molecule has 0 aliphatic carbocycles. The summed E-state index contributed by atoms with van der Waals surface area (Å²) in [5, 5.41) is 11.6. The molecule has 67 heavy (non-hydrogen) atoms. The fraction of sp³-hybridized carbons (Fsp3) is 0.489. The third-order valence-corrected chi connectivity index (χ3v) is 12.9. The van der Waals surface area contributed by atoms with E-state index in [4.69, 9.17) is 20.2 Å². The van der Waals surface area contributed by atoms with E-state index in [1.165, 1.54) is 12.2 Å². The molecule has 0 saturated heterocycles. The number of rotatable bonds is 21. The number of hydrogen-bond donors (Lipinski definition) is 5. The Morgan fingerprint density at radius 2 is 1.70 bits per heavy atom. The molecule has 0 spiro atoms. The molecule has 6 rings (SSSR count). The number of nitrogens with two attached hydrogens (primary N) is 1. The minimum Gasteiger partial charge on any atom is -0.457 e. The lowest BCUT2D eigenvalue weighted by atomic mass is 9.84. The second kappa shape index (κ2) is 21.0. The second-order valence-corrected chi connectivity index (χ2v) is 19.0. The van der Waals surface area contributed by atoms with Crippen molar-refractivity contribution in [2.75, 3.05) is 19.6 Å². The number of carbonyl (C=O) groups excluding carboxylic acids is 8. The van der Waals surface area contributed by atoms with Crippen LogP contribution in [0.3, 0.4) is 0 Å². The van der Waals surface area contributed by atoms with E-state index >= 15 is 0 Å². The van der Waals surface area contributed by atoms with Crippen LogP contribution in [0.5, 0.6) is 0 Å². The molecule has 3 aliphatic heterocycles. The lowest BCUT2D eigenvalue weighted by molar-refractivity contribution is -0.190. The summed E-state index contributed by atoms with van der Waals surface area (Å²) in [6.45, 7) is 8.81. The van der Waals surface area contributed by atoms with Gasteiger partial charge in [0.1, 0.15) is 18.7 Å². The molecule has 6 N–H and O–H groups in total. The molecule has 3 atom stereocenters. The van der Waals surface area contributed by atoms with Crippen LogP contribution in [-0.2, 0) is 61.8 Å². The standard InChI is InChI=1S/C47H57BrN8O11/c1-6-47(30-21-34-40-27(20-28-31(48)12-10-13-32(28)52-40)23-56(34)43(63)29(30)24-66-44(47)64)67-38(60)22-46(4,5)25-51-41(61)33(14-11-18-50-45(49)65)53-42(62)39(26(2)3)54-35(57)15-8-7-9-19-55-36(58)16-17-37(55)59/h10,12-13,16-17,20-21,26,33,39H,6-9,11,14-15,18-19,22-25H2,1-5H3,(H,51,61)(H,53,62)(H,54,57)(H3,49,50,65)/t33-,39-,47-/m0/s1. The summed E-state index contributed by atoms with van der Waals surface area (Å²) in [5.74, 6) is -4.30. The molecule has 2 aromatic heterocycles. The maximum Gasteiger partial charge on any atom is 0.355 e. The first-order valence-corrected chi connectivity index (χ1v) is 23.2. The van der Waals surface area contributed by atoms with E-state index in [1.807, 2.05) is 24.3 Å². The molecule has 358 valence electrons. The van der Waals surface area contributed by atoms with Crippen molar-refractivity contribution in [2.45, 2.75) is 117 Å². The monoisotopic (exact) mass is 988 g/mol. The molecule has 7 amide bonds. The van der Waals surface area contributed by atoms with Gasteiger partial charge in [-0.3, -0.25) is 38.5 Å². The van der Waals surface area contributed by atoms with E-state index in [2.05, 4.69) is 37.2 Å². The van der Waals surface area contributed by atoms with Gasteiger partial charge in [-0.2, -0.15) is 0 Å². The highest BCUT2D eigenvalue weighted by atomic mass is 79.9. The van der Waals surface area contributed by atoms with Crippen molar-refractivity contribution in [2.24, 2.45) is 17.1 Å². The highest BCUT2D eigenvalue weighted by molar-refractivity contribution is 9.10. The summed E-state index contributed by atoms with van der Waals surface area (Å²) in [6.07, 6.45) is 4.05. The van der Waals surface area contributed by atoms with Gasteiger partial charge in [0, 0.05) is 59.2 Å². The quantitative estimate of drug-likeness (QED) is 0.0457. The number of nitrogens with one attached hydrogen (secondary N) is 4. The Kier molecular flexibility index (Phi) is 15.7. The van der Waals surface area contributed by atoms with Crippen molar-refractivity contribution in [1.82, 2.24) is 35.7 Å². The van der Waals surface area contributed by atoms with Gasteiger partial charge in [0.2, 0.25) is 23.3 Å². The minimum absolute atomic E-state index is 0.0390. The number of unbranched alkanes of at least 4 members (excludes halogenated alkanes) is 2. The van der Waals surface area contributed by atoms with E-state index in [0.29, 0.717) is 36.2 Å². The van der Waals surface area contributed by atoms with E-state index in [9.17, 15) is 43.2 Å². The summed E-state index contributed by atoms with van der Waals surface area (Å²) < 4.78 is 14.0. The van der Waals surface area contributed by atoms with E-state index in [-0.39, 0.29) is 105 Å². The predicted molar refractivity (Wildman–Crippen MR) is 247 cm³/mol.